The van der Waals surface area contributed by atoms with Gasteiger partial charge in [0, 0.05) is 12.7 Å². The summed E-state index contributed by atoms with van der Waals surface area (Å²) in [5, 5.41) is 3.28. The third-order valence-electron chi connectivity index (χ3n) is 2.32. The molecule has 0 aliphatic heterocycles. The Labute approximate surface area is 89.5 Å². The van der Waals surface area contributed by atoms with E-state index in [1.54, 1.807) is 0 Å². The molecule has 3 nitrogen and oxygen atoms in total. The van der Waals surface area contributed by atoms with E-state index in [0.717, 1.165) is 29.1 Å². The van der Waals surface area contributed by atoms with Gasteiger partial charge in [0.05, 0.1) is 17.6 Å². The largest absolute Gasteiger partial charge is 0.384 e. The summed E-state index contributed by atoms with van der Waals surface area (Å²) in [7, 11) is 0. The summed E-state index contributed by atoms with van der Waals surface area (Å²) in [5.74, 6) is 0. The van der Waals surface area contributed by atoms with Gasteiger partial charge in [0.15, 0.2) is 0 Å². The molecule has 0 amide bonds. The summed E-state index contributed by atoms with van der Waals surface area (Å²) in [6, 6.07) is 4.04. The molecule has 15 heavy (non-hydrogen) atoms. The predicted octanol–water partition coefficient (Wildman–Crippen LogP) is 2.80. The molecule has 0 unspecified atom stereocenters. The molecule has 0 saturated heterocycles. The fraction of sp³-hybridized carbons (Fsp3) is 0.250. The average molecular weight is 201 g/mol. The number of nitrogens with one attached hydrogen (secondary N) is 1. The van der Waals surface area contributed by atoms with E-state index in [1.165, 1.54) is 0 Å². The first kappa shape index (κ1) is 9.77. The Morgan fingerprint density at radius 2 is 2.33 bits per heavy atom. The van der Waals surface area contributed by atoms with Crippen LogP contribution in [0.3, 0.4) is 0 Å². The lowest BCUT2D eigenvalue weighted by Gasteiger charge is -2.05. The van der Waals surface area contributed by atoms with Gasteiger partial charge < -0.3 is 5.32 Å². The van der Waals surface area contributed by atoms with E-state index in [4.69, 9.17) is 0 Å². The number of anilines is 1. The number of pyridine rings is 1. The summed E-state index contributed by atoms with van der Waals surface area (Å²) in [5.41, 5.74) is 4.14. The van der Waals surface area contributed by atoms with Crippen molar-refractivity contribution in [3.63, 3.8) is 0 Å². The van der Waals surface area contributed by atoms with Crippen molar-refractivity contribution in [2.45, 2.75) is 13.8 Å². The number of rotatable bonds is 3. The first-order valence-corrected chi connectivity index (χ1v) is 5.09. The predicted molar refractivity (Wildman–Crippen MR) is 64.1 cm³/mol. The molecule has 78 valence electrons. The van der Waals surface area contributed by atoms with E-state index in [-0.39, 0.29) is 0 Å². The van der Waals surface area contributed by atoms with E-state index >= 15 is 0 Å². The Balaban J connectivity index is 2.56. The number of hydrogen-bond donors (Lipinski definition) is 1. The fourth-order valence-electron chi connectivity index (χ4n) is 1.61. The Morgan fingerprint density at radius 3 is 3.00 bits per heavy atom. The Kier molecular flexibility index (Phi) is 2.46. The first-order valence-electron chi connectivity index (χ1n) is 5.09. The highest BCUT2D eigenvalue weighted by molar-refractivity contribution is 5.63. The third kappa shape index (κ3) is 1.73. The molecule has 2 heterocycles. The van der Waals surface area contributed by atoms with Crippen molar-refractivity contribution in [1.29, 1.82) is 0 Å². The smallest absolute Gasteiger partial charge is 0.137 e. The second kappa shape index (κ2) is 3.77. The minimum absolute atomic E-state index is 0.919. The monoisotopic (exact) mass is 201 g/mol. The van der Waals surface area contributed by atoms with Crippen LogP contribution in [0, 0.1) is 0 Å². The maximum atomic E-state index is 4.32. The van der Waals surface area contributed by atoms with Crippen LogP contribution < -0.4 is 5.32 Å². The van der Waals surface area contributed by atoms with Gasteiger partial charge in [-0.15, -0.1) is 0 Å². The van der Waals surface area contributed by atoms with Crippen molar-refractivity contribution in [3.8, 4) is 0 Å². The van der Waals surface area contributed by atoms with Gasteiger partial charge in [0.2, 0.25) is 0 Å². The average Bonchev–Trinajstić information content (AvgIpc) is 2.61. The van der Waals surface area contributed by atoms with Crippen molar-refractivity contribution in [2.75, 3.05) is 11.9 Å². The van der Waals surface area contributed by atoms with Gasteiger partial charge in [-0.25, -0.2) is 4.98 Å². The van der Waals surface area contributed by atoms with Gasteiger partial charge in [0.1, 0.15) is 5.65 Å². The minimum Gasteiger partial charge on any atom is -0.384 e. The molecular weight excluding hydrogens is 186 g/mol. The van der Waals surface area contributed by atoms with E-state index in [9.17, 15) is 0 Å². The molecule has 3 heteroatoms. The van der Waals surface area contributed by atoms with Crippen LogP contribution >= 0.6 is 0 Å². The van der Waals surface area contributed by atoms with Gasteiger partial charge in [0.25, 0.3) is 0 Å². The summed E-state index contributed by atoms with van der Waals surface area (Å²) < 4.78 is 2.06. The van der Waals surface area contributed by atoms with Crippen LogP contribution in [0.25, 0.3) is 11.2 Å². The number of aromatic nitrogens is 2. The summed E-state index contributed by atoms with van der Waals surface area (Å²) in [6.45, 7) is 8.93. The standard InChI is InChI=1S/C12H15N3/c1-4-13-10-5-6-12-14-7-11(9(2)3)15(12)8-10/h5-8,13H,2,4H2,1,3H3. The van der Waals surface area contributed by atoms with Crippen LogP contribution in [0.4, 0.5) is 5.69 Å². The SMILES string of the molecule is C=C(C)c1cnc2ccc(NCC)cn12. The van der Waals surface area contributed by atoms with E-state index in [1.807, 2.05) is 25.3 Å². The van der Waals surface area contributed by atoms with Gasteiger partial charge >= 0.3 is 0 Å². The highest BCUT2D eigenvalue weighted by Crippen LogP contribution is 2.17. The zero-order valence-corrected chi connectivity index (χ0v) is 9.12. The number of nitrogens with zero attached hydrogens (tertiary/aromatic N) is 2. The van der Waals surface area contributed by atoms with Crippen LogP contribution in [-0.4, -0.2) is 15.9 Å². The molecule has 0 fully saturated rings. The molecule has 0 saturated carbocycles. The summed E-state index contributed by atoms with van der Waals surface area (Å²) >= 11 is 0. The van der Waals surface area contributed by atoms with Gasteiger partial charge in [-0.05, 0) is 31.6 Å². The molecule has 0 aliphatic rings. The molecular formula is C12H15N3. The van der Waals surface area contributed by atoms with Gasteiger partial charge in [-0.1, -0.05) is 6.58 Å². The highest BCUT2D eigenvalue weighted by atomic mass is 15.0. The van der Waals surface area contributed by atoms with E-state index in [0.29, 0.717) is 0 Å². The maximum absolute atomic E-state index is 4.32. The lowest BCUT2D eigenvalue weighted by molar-refractivity contribution is 1.13. The van der Waals surface area contributed by atoms with Crippen molar-refractivity contribution in [3.05, 3.63) is 36.8 Å². The second-order valence-corrected chi connectivity index (χ2v) is 3.60. The molecule has 0 bridgehead atoms. The van der Waals surface area contributed by atoms with Crippen LogP contribution in [0.1, 0.15) is 19.5 Å². The van der Waals surface area contributed by atoms with Gasteiger partial charge in [-0.3, -0.25) is 4.40 Å². The lowest BCUT2D eigenvalue weighted by atomic mass is 10.2. The molecule has 1 N–H and O–H groups in total. The van der Waals surface area contributed by atoms with Crippen LogP contribution in [-0.2, 0) is 0 Å². The molecule has 2 rings (SSSR count). The quantitative estimate of drug-likeness (QED) is 0.827. The molecule has 0 aromatic carbocycles. The molecule has 0 atom stereocenters. The molecule has 0 spiro atoms. The van der Waals surface area contributed by atoms with Crippen molar-refractivity contribution in [2.24, 2.45) is 0 Å². The van der Waals surface area contributed by atoms with Crippen molar-refractivity contribution < 1.29 is 0 Å². The second-order valence-electron chi connectivity index (χ2n) is 3.60. The third-order valence-corrected chi connectivity index (χ3v) is 2.32. The number of fused-ring (bicyclic) bond motifs is 1. The molecule has 0 aliphatic carbocycles. The topological polar surface area (TPSA) is 29.3 Å². The lowest BCUT2D eigenvalue weighted by Crippen LogP contribution is -1.99. The Morgan fingerprint density at radius 1 is 1.53 bits per heavy atom. The van der Waals surface area contributed by atoms with Gasteiger partial charge in [-0.2, -0.15) is 0 Å². The number of imidazole rings is 1. The van der Waals surface area contributed by atoms with Crippen LogP contribution in [0.15, 0.2) is 31.1 Å². The van der Waals surface area contributed by atoms with E-state index in [2.05, 4.69) is 34.4 Å². The molecule has 2 aromatic rings. The summed E-state index contributed by atoms with van der Waals surface area (Å²) in [4.78, 5) is 4.32. The zero-order valence-electron chi connectivity index (χ0n) is 9.12. The maximum Gasteiger partial charge on any atom is 0.137 e. The molecule has 2 aromatic heterocycles. The fourth-order valence-corrected chi connectivity index (χ4v) is 1.61. The van der Waals surface area contributed by atoms with Crippen LogP contribution in [0.5, 0.6) is 0 Å². The first-order chi connectivity index (χ1) is 7.22. The van der Waals surface area contributed by atoms with E-state index < -0.39 is 0 Å². The Bertz CT molecular complexity index is 497. The normalized spacial score (nSPS) is 10.5. The Hall–Kier alpha value is -1.77. The minimum atomic E-state index is 0.919. The zero-order chi connectivity index (χ0) is 10.8. The van der Waals surface area contributed by atoms with Crippen LogP contribution in [0.2, 0.25) is 0 Å². The highest BCUT2D eigenvalue weighted by Gasteiger charge is 2.03. The van der Waals surface area contributed by atoms with Crippen molar-refractivity contribution in [1.82, 2.24) is 9.38 Å². The number of allylic oxidation sites excluding steroid dienone is 1. The van der Waals surface area contributed by atoms with Crippen molar-refractivity contribution >= 4 is 16.9 Å². The summed E-state index contributed by atoms with van der Waals surface area (Å²) in [6.07, 6.45) is 3.91. The molecule has 0 radical (unpaired) electrons. The number of hydrogen-bond acceptors (Lipinski definition) is 2.